The molecule has 1 aromatic carbocycles. The number of hydrogen-bond acceptors (Lipinski definition) is 2. The Morgan fingerprint density at radius 3 is 2.60 bits per heavy atom. The topological polar surface area (TPSA) is 29.9 Å². The molecule has 0 bridgehead atoms. The van der Waals surface area contributed by atoms with Crippen LogP contribution in [0.2, 0.25) is 0 Å². The monoisotopic (exact) mass is 271 g/mol. The van der Waals surface area contributed by atoms with Crippen LogP contribution in [-0.4, -0.2) is 22.9 Å². The molecule has 3 heteroatoms. The Morgan fingerprint density at radius 1 is 1.15 bits per heavy atom. The summed E-state index contributed by atoms with van der Waals surface area (Å²) in [5.41, 5.74) is 2.61. The van der Waals surface area contributed by atoms with E-state index in [-0.39, 0.29) is 5.41 Å². The first-order valence-corrected chi connectivity index (χ1v) is 7.39. The Bertz CT molecular complexity index is 514. The van der Waals surface area contributed by atoms with Crippen LogP contribution in [0.5, 0.6) is 0 Å². The van der Waals surface area contributed by atoms with Gasteiger partial charge in [0.05, 0.1) is 6.20 Å². The minimum atomic E-state index is 0.204. The molecule has 0 amide bonds. The van der Waals surface area contributed by atoms with Crippen LogP contribution in [0.1, 0.15) is 27.2 Å². The van der Waals surface area contributed by atoms with E-state index in [1.54, 1.807) is 0 Å². The second-order valence-electron chi connectivity index (χ2n) is 6.13. The second kappa shape index (κ2) is 6.71. The van der Waals surface area contributed by atoms with Gasteiger partial charge in [-0.3, -0.25) is 4.68 Å². The highest BCUT2D eigenvalue weighted by Crippen LogP contribution is 2.21. The van der Waals surface area contributed by atoms with Gasteiger partial charge in [0.25, 0.3) is 0 Å². The molecule has 0 aliphatic rings. The van der Waals surface area contributed by atoms with Crippen molar-refractivity contribution in [3.05, 3.63) is 42.7 Å². The van der Waals surface area contributed by atoms with Crippen LogP contribution < -0.4 is 5.32 Å². The van der Waals surface area contributed by atoms with Crippen molar-refractivity contribution in [1.29, 1.82) is 0 Å². The van der Waals surface area contributed by atoms with E-state index in [1.165, 1.54) is 17.5 Å². The molecule has 108 valence electrons. The van der Waals surface area contributed by atoms with Gasteiger partial charge >= 0.3 is 0 Å². The van der Waals surface area contributed by atoms with Gasteiger partial charge in [0, 0.05) is 24.8 Å². The highest BCUT2D eigenvalue weighted by atomic mass is 15.3. The van der Waals surface area contributed by atoms with Gasteiger partial charge in [0.15, 0.2) is 0 Å². The van der Waals surface area contributed by atoms with Crippen molar-refractivity contribution in [2.24, 2.45) is 5.41 Å². The maximum atomic E-state index is 4.49. The van der Waals surface area contributed by atoms with E-state index < -0.39 is 0 Å². The largest absolute Gasteiger partial charge is 0.316 e. The van der Waals surface area contributed by atoms with Crippen LogP contribution in [0.15, 0.2) is 42.7 Å². The molecule has 0 radical (unpaired) electrons. The number of nitrogens with zero attached hydrogens (tertiary/aromatic N) is 2. The fourth-order valence-electron chi connectivity index (χ4n) is 2.33. The molecule has 0 atom stereocenters. The fourth-order valence-corrected chi connectivity index (χ4v) is 2.33. The summed E-state index contributed by atoms with van der Waals surface area (Å²) in [6.45, 7) is 9.77. The minimum Gasteiger partial charge on any atom is -0.316 e. The molecule has 0 saturated heterocycles. The molecule has 0 unspecified atom stereocenters. The lowest BCUT2D eigenvalue weighted by molar-refractivity contribution is 0.277. The van der Waals surface area contributed by atoms with Gasteiger partial charge in [-0.15, -0.1) is 0 Å². The van der Waals surface area contributed by atoms with Crippen molar-refractivity contribution < 1.29 is 0 Å². The Kier molecular flexibility index (Phi) is 4.96. The molecule has 0 saturated carbocycles. The Balaban J connectivity index is 1.99. The SMILES string of the molecule is CCCNCC(C)(C)Cn1cc(-c2ccccc2)cn1. The van der Waals surface area contributed by atoms with Crippen LogP contribution in [0, 0.1) is 5.41 Å². The summed E-state index contributed by atoms with van der Waals surface area (Å²) in [4.78, 5) is 0. The molecule has 0 aliphatic heterocycles. The van der Waals surface area contributed by atoms with Gasteiger partial charge in [0.1, 0.15) is 0 Å². The summed E-state index contributed by atoms with van der Waals surface area (Å²) in [6, 6.07) is 10.4. The molecule has 2 aromatic rings. The number of aromatic nitrogens is 2. The summed E-state index contributed by atoms with van der Waals surface area (Å²) in [6.07, 6.45) is 5.26. The highest BCUT2D eigenvalue weighted by molar-refractivity contribution is 5.61. The van der Waals surface area contributed by atoms with Crippen molar-refractivity contribution in [1.82, 2.24) is 15.1 Å². The maximum Gasteiger partial charge on any atom is 0.0568 e. The van der Waals surface area contributed by atoms with Crippen LogP contribution in [0.3, 0.4) is 0 Å². The van der Waals surface area contributed by atoms with Gasteiger partial charge < -0.3 is 5.32 Å². The second-order valence-corrected chi connectivity index (χ2v) is 6.13. The van der Waals surface area contributed by atoms with E-state index in [1.807, 2.05) is 12.3 Å². The lowest BCUT2D eigenvalue weighted by Crippen LogP contribution is -2.33. The van der Waals surface area contributed by atoms with E-state index in [4.69, 9.17) is 0 Å². The standard InChI is InChI=1S/C17H25N3/c1-4-10-18-13-17(2,3)14-20-12-16(11-19-20)15-8-6-5-7-9-15/h5-9,11-12,18H,4,10,13-14H2,1-3H3. The summed E-state index contributed by atoms with van der Waals surface area (Å²) < 4.78 is 2.05. The van der Waals surface area contributed by atoms with Crippen LogP contribution >= 0.6 is 0 Å². The lowest BCUT2D eigenvalue weighted by atomic mass is 9.93. The molecule has 3 nitrogen and oxygen atoms in total. The Labute approximate surface area is 122 Å². The van der Waals surface area contributed by atoms with Crippen LogP contribution in [-0.2, 0) is 6.54 Å². The predicted molar refractivity (Wildman–Crippen MR) is 84.6 cm³/mol. The van der Waals surface area contributed by atoms with Crippen molar-refractivity contribution in [3.8, 4) is 11.1 Å². The summed E-state index contributed by atoms with van der Waals surface area (Å²) >= 11 is 0. The summed E-state index contributed by atoms with van der Waals surface area (Å²) in [5, 5.41) is 7.99. The molecule has 1 N–H and O–H groups in total. The molecular formula is C17H25N3. The van der Waals surface area contributed by atoms with E-state index in [0.29, 0.717) is 0 Å². The average Bonchev–Trinajstić information content (AvgIpc) is 2.87. The first kappa shape index (κ1) is 14.8. The van der Waals surface area contributed by atoms with Crippen LogP contribution in [0.25, 0.3) is 11.1 Å². The fraction of sp³-hybridized carbons (Fsp3) is 0.471. The third kappa shape index (κ3) is 4.20. The zero-order chi connectivity index (χ0) is 14.4. The van der Waals surface area contributed by atoms with Gasteiger partial charge in [-0.1, -0.05) is 51.1 Å². The molecule has 1 aromatic heterocycles. The molecule has 0 fully saturated rings. The van der Waals surface area contributed by atoms with Gasteiger partial charge in [-0.2, -0.15) is 5.10 Å². The Morgan fingerprint density at radius 2 is 1.90 bits per heavy atom. The number of benzene rings is 1. The van der Waals surface area contributed by atoms with Gasteiger partial charge in [-0.25, -0.2) is 0 Å². The third-order valence-electron chi connectivity index (χ3n) is 3.36. The Hall–Kier alpha value is -1.61. The van der Waals surface area contributed by atoms with Crippen molar-refractivity contribution in [3.63, 3.8) is 0 Å². The summed E-state index contributed by atoms with van der Waals surface area (Å²) in [5.74, 6) is 0. The number of nitrogens with one attached hydrogen (secondary N) is 1. The zero-order valence-electron chi connectivity index (χ0n) is 12.8. The van der Waals surface area contributed by atoms with E-state index in [0.717, 1.165) is 19.6 Å². The maximum absolute atomic E-state index is 4.49. The molecule has 20 heavy (non-hydrogen) atoms. The van der Waals surface area contributed by atoms with Crippen molar-refractivity contribution >= 4 is 0 Å². The van der Waals surface area contributed by atoms with Crippen molar-refractivity contribution in [2.45, 2.75) is 33.7 Å². The highest BCUT2D eigenvalue weighted by Gasteiger charge is 2.18. The molecule has 1 heterocycles. The number of hydrogen-bond donors (Lipinski definition) is 1. The predicted octanol–water partition coefficient (Wildman–Crippen LogP) is 3.58. The molecule has 2 rings (SSSR count). The molecule has 0 aliphatic carbocycles. The van der Waals surface area contributed by atoms with Gasteiger partial charge in [-0.05, 0) is 23.9 Å². The third-order valence-corrected chi connectivity index (χ3v) is 3.36. The molecular weight excluding hydrogens is 246 g/mol. The first-order valence-electron chi connectivity index (χ1n) is 7.39. The number of rotatable bonds is 7. The minimum absolute atomic E-state index is 0.204. The zero-order valence-corrected chi connectivity index (χ0v) is 12.8. The quantitative estimate of drug-likeness (QED) is 0.780. The summed E-state index contributed by atoms with van der Waals surface area (Å²) in [7, 11) is 0. The van der Waals surface area contributed by atoms with Crippen molar-refractivity contribution in [2.75, 3.05) is 13.1 Å². The normalized spacial score (nSPS) is 11.8. The van der Waals surface area contributed by atoms with E-state index in [9.17, 15) is 0 Å². The molecule has 0 spiro atoms. The van der Waals surface area contributed by atoms with Crippen LogP contribution in [0.4, 0.5) is 0 Å². The lowest BCUT2D eigenvalue weighted by Gasteiger charge is -2.24. The van der Waals surface area contributed by atoms with E-state index >= 15 is 0 Å². The average molecular weight is 271 g/mol. The smallest absolute Gasteiger partial charge is 0.0568 e. The van der Waals surface area contributed by atoms with E-state index in [2.05, 4.69) is 66.3 Å². The van der Waals surface area contributed by atoms with Gasteiger partial charge in [0.2, 0.25) is 0 Å². The first-order chi connectivity index (χ1) is 9.61.